The summed E-state index contributed by atoms with van der Waals surface area (Å²) < 4.78 is 0. The molecule has 1 nitrogen and oxygen atoms in total. The second-order valence-corrected chi connectivity index (χ2v) is 6.32. The van der Waals surface area contributed by atoms with Crippen LogP contribution in [-0.4, -0.2) is 0 Å². The molecular formula is C23H17N. The Morgan fingerprint density at radius 3 is 2.29 bits per heavy atom. The van der Waals surface area contributed by atoms with Crippen molar-refractivity contribution in [1.82, 2.24) is 0 Å². The van der Waals surface area contributed by atoms with E-state index in [1.807, 2.05) is 0 Å². The van der Waals surface area contributed by atoms with Crippen molar-refractivity contribution in [3.8, 4) is 11.1 Å². The van der Waals surface area contributed by atoms with Crippen molar-refractivity contribution in [2.75, 3.05) is 5.32 Å². The number of anilines is 2. The lowest BCUT2D eigenvalue weighted by Crippen LogP contribution is -1.96. The van der Waals surface area contributed by atoms with E-state index in [0.717, 1.165) is 12.1 Å². The van der Waals surface area contributed by atoms with Crippen LogP contribution in [0, 0.1) is 0 Å². The molecule has 0 aromatic heterocycles. The van der Waals surface area contributed by atoms with Crippen LogP contribution in [0.5, 0.6) is 0 Å². The first kappa shape index (κ1) is 13.4. The van der Waals surface area contributed by atoms with Gasteiger partial charge in [0.15, 0.2) is 0 Å². The van der Waals surface area contributed by atoms with E-state index in [9.17, 15) is 0 Å². The molecule has 4 aromatic carbocycles. The molecule has 1 heteroatoms. The molecule has 1 aliphatic carbocycles. The van der Waals surface area contributed by atoms with Gasteiger partial charge in [0, 0.05) is 23.2 Å². The summed E-state index contributed by atoms with van der Waals surface area (Å²) in [7, 11) is 0. The highest BCUT2D eigenvalue weighted by Crippen LogP contribution is 2.41. The number of hydrogen-bond acceptors (Lipinski definition) is 1. The molecule has 0 aliphatic heterocycles. The highest BCUT2D eigenvalue weighted by Gasteiger charge is 2.20. The van der Waals surface area contributed by atoms with Crippen LogP contribution in [0.1, 0.15) is 11.1 Å². The minimum absolute atomic E-state index is 0.999. The van der Waals surface area contributed by atoms with Gasteiger partial charge in [-0.15, -0.1) is 0 Å². The molecule has 1 N–H and O–H groups in total. The highest BCUT2D eigenvalue weighted by molar-refractivity contribution is 5.96. The zero-order chi connectivity index (χ0) is 15.9. The minimum Gasteiger partial charge on any atom is -0.355 e. The molecule has 0 bridgehead atoms. The van der Waals surface area contributed by atoms with Crippen molar-refractivity contribution in [1.29, 1.82) is 0 Å². The van der Waals surface area contributed by atoms with Gasteiger partial charge in [0.05, 0.1) is 0 Å². The summed E-state index contributed by atoms with van der Waals surface area (Å²) in [5.41, 5.74) is 7.91. The lowest BCUT2D eigenvalue weighted by atomic mass is 10.0. The van der Waals surface area contributed by atoms with Crippen LogP contribution in [0.15, 0.2) is 84.9 Å². The summed E-state index contributed by atoms with van der Waals surface area (Å²) in [6.07, 6.45) is 0.999. The van der Waals surface area contributed by atoms with Crippen molar-refractivity contribution in [2.45, 2.75) is 6.42 Å². The monoisotopic (exact) mass is 307 g/mol. The van der Waals surface area contributed by atoms with Crippen LogP contribution in [0.3, 0.4) is 0 Å². The molecular weight excluding hydrogens is 290 g/mol. The van der Waals surface area contributed by atoms with Gasteiger partial charge in [-0.1, -0.05) is 72.8 Å². The first-order valence-electron chi connectivity index (χ1n) is 8.35. The lowest BCUT2D eigenvalue weighted by Gasteiger charge is -2.13. The normalized spacial score (nSPS) is 12.0. The number of nitrogens with one attached hydrogen (secondary N) is 1. The maximum absolute atomic E-state index is 3.68. The molecule has 5 rings (SSSR count). The van der Waals surface area contributed by atoms with E-state index >= 15 is 0 Å². The standard InChI is InChI=1S/C23H17N/c1-4-11-19-16(7-1)9-5-13-22(19)24-23-14-6-12-20-18-10-3-2-8-17(18)15-21(20)23/h1-14,24H,15H2. The summed E-state index contributed by atoms with van der Waals surface area (Å²) in [6.45, 7) is 0. The molecule has 0 amide bonds. The number of fused-ring (bicyclic) bond motifs is 4. The van der Waals surface area contributed by atoms with Crippen LogP contribution in [0.25, 0.3) is 21.9 Å². The number of rotatable bonds is 2. The van der Waals surface area contributed by atoms with Gasteiger partial charge in [0.2, 0.25) is 0 Å². The van der Waals surface area contributed by atoms with Crippen molar-refractivity contribution >= 4 is 22.1 Å². The van der Waals surface area contributed by atoms with Crippen LogP contribution < -0.4 is 5.32 Å². The molecule has 4 aromatic rings. The van der Waals surface area contributed by atoms with Gasteiger partial charge in [-0.25, -0.2) is 0 Å². The minimum atomic E-state index is 0.999. The fourth-order valence-electron chi connectivity index (χ4n) is 3.75. The average molecular weight is 307 g/mol. The van der Waals surface area contributed by atoms with E-state index in [1.165, 1.54) is 38.7 Å². The average Bonchev–Trinajstić information content (AvgIpc) is 3.02. The molecule has 0 radical (unpaired) electrons. The molecule has 0 saturated heterocycles. The Morgan fingerprint density at radius 1 is 0.583 bits per heavy atom. The maximum atomic E-state index is 3.68. The molecule has 0 atom stereocenters. The number of benzene rings is 4. The quantitative estimate of drug-likeness (QED) is 0.412. The van der Waals surface area contributed by atoms with Gasteiger partial charge < -0.3 is 5.32 Å². The van der Waals surface area contributed by atoms with Crippen molar-refractivity contribution in [3.63, 3.8) is 0 Å². The first-order chi connectivity index (χ1) is 11.9. The zero-order valence-corrected chi connectivity index (χ0v) is 13.3. The molecule has 114 valence electrons. The predicted octanol–water partition coefficient (Wildman–Crippen LogP) is 6.15. The summed E-state index contributed by atoms with van der Waals surface area (Å²) in [6, 6.07) is 30.2. The summed E-state index contributed by atoms with van der Waals surface area (Å²) >= 11 is 0. The smallest absolute Gasteiger partial charge is 0.0463 e. The van der Waals surface area contributed by atoms with Crippen molar-refractivity contribution in [2.24, 2.45) is 0 Å². The van der Waals surface area contributed by atoms with Gasteiger partial charge >= 0.3 is 0 Å². The van der Waals surface area contributed by atoms with Crippen LogP contribution in [-0.2, 0) is 6.42 Å². The van der Waals surface area contributed by atoms with Crippen LogP contribution in [0.2, 0.25) is 0 Å². The Bertz CT molecular complexity index is 1060. The Labute approximate surface area is 141 Å². The fourth-order valence-corrected chi connectivity index (χ4v) is 3.75. The second-order valence-electron chi connectivity index (χ2n) is 6.32. The second kappa shape index (κ2) is 5.24. The van der Waals surface area contributed by atoms with E-state index in [-0.39, 0.29) is 0 Å². The Kier molecular flexibility index (Phi) is 2.92. The Morgan fingerprint density at radius 2 is 1.29 bits per heavy atom. The zero-order valence-electron chi connectivity index (χ0n) is 13.3. The topological polar surface area (TPSA) is 12.0 Å². The van der Waals surface area contributed by atoms with Gasteiger partial charge in [-0.05, 0) is 39.8 Å². The van der Waals surface area contributed by atoms with Gasteiger partial charge in [-0.2, -0.15) is 0 Å². The highest BCUT2D eigenvalue weighted by atomic mass is 14.9. The predicted molar refractivity (Wildman–Crippen MR) is 102 cm³/mol. The molecule has 0 saturated carbocycles. The van der Waals surface area contributed by atoms with Crippen LogP contribution in [0.4, 0.5) is 11.4 Å². The van der Waals surface area contributed by atoms with E-state index in [1.54, 1.807) is 0 Å². The lowest BCUT2D eigenvalue weighted by molar-refractivity contribution is 1.26. The maximum Gasteiger partial charge on any atom is 0.0463 e. The van der Waals surface area contributed by atoms with Gasteiger partial charge in [0.1, 0.15) is 0 Å². The van der Waals surface area contributed by atoms with E-state index in [2.05, 4.69) is 90.2 Å². The van der Waals surface area contributed by atoms with E-state index in [0.29, 0.717) is 0 Å². The number of hydrogen-bond donors (Lipinski definition) is 1. The molecule has 24 heavy (non-hydrogen) atoms. The Balaban J connectivity index is 1.62. The summed E-state index contributed by atoms with van der Waals surface area (Å²) in [4.78, 5) is 0. The van der Waals surface area contributed by atoms with Gasteiger partial charge in [0.25, 0.3) is 0 Å². The third kappa shape index (κ3) is 2.02. The molecule has 0 unspecified atom stereocenters. The SMILES string of the molecule is c1ccc2c(c1)Cc1c(Nc3cccc4ccccc34)cccc1-2. The molecule has 1 aliphatic rings. The molecule has 0 heterocycles. The third-order valence-electron chi connectivity index (χ3n) is 4.91. The molecule has 0 spiro atoms. The fraction of sp³-hybridized carbons (Fsp3) is 0.0435. The van der Waals surface area contributed by atoms with Gasteiger partial charge in [-0.3, -0.25) is 0 Å². The summed E-state index contributed by atoms with van der Waals surface area (Å²) in [5.74, 6) is 0. The third-order valence-corrected chi connectivity index (χ3v) is 4.91. The van der Waals surface area contributed by atoms with E-state index in [4.69, 9.17) is 0 Å². The van der Waals surface area contributed by atoms with Crippen LogP contribution >= 0.6 is 0 Å². The van der Waals surface area contributed by atoms with E-state index < -0.39 is 0 Å². The first-order valence-corrected chi connectivity index (χ1v) is 8.35. The van der Waals surface area contributed by atoms with Crippen molar-refractivity contribution in [3.05, 3.63) is 96.1 Å². The summed E-state index contributed by atoms with van der Waals surface area (Å²) in [5, 5.41) is 6.20. The largest absolute Gasteiger partial charge is 0.355 e. The van der Waals surface area contributed by atoms with Crippen molar-refractivity contribution < 1.29 is 0 Å². The molecule has 0 fully saturated rings. The Hall–Kier alpha value is -3.06.